The number of benzene rings is 1. The monoisotopic (exact) mass is 406 g/mol. The first-order chi connectivity index (χ1) is 14.2. The van der Waals surface area contributed by atoms with Crippen LogP contribution in [0.5, 0.6) is 0 Å². The summed E-state index contributed by atoms with van der Waals surface area (Å²) in [4.78, 5) is 10.6. The molecule has 0 spiro atoms. The molecule has 4 heteroatoms. The van der Waals surface area contributed by atoms with Crippen LogP contribution in [0.2, 0.25) is 0 Å². The number of carboxylic acid groups (broad SMARTS) is 1. The Bertz CT molecular complexity index is 489. The minimum Gasteiger partial charge on any atom is -0.481 e. The van der Waals surface area contributed by atoms with Crippen molar-refractivity contribution in [2.75, 3.05) is 6.61 Å². The van der Waals surface area contributed by atoms with Crippen molar-refractivity contribution in [3.8, 4) is 0 Å². The van der Waals surface area contributed by atoms with E-state index >= 15 is 0 Å². The Balaban J connectivity index is 2.16. The number of ether oxygens (including phenoxy) is 1. The molecule has 1 rings (SSSR count). The zero-order valence-electron chi connectivity index (χ0n) is 18.2. The second-order valence-electron chi connectivity index (χ2n) is 8.11. The normalized spacial score (nSPS) is 12.2. The van der Waals surface area contributed by atoms with E-state index in [9.17, 15) is 4.79 Å². The fraction of sp³-hybridized carbons (Fsp3) is 0.720. The zero-order valence-corrected chi connectivity index (χ0v) is 18.2. The van der Waals surface area contributed by atoms with E-state index < -0.39 is 5.97 Å². The zero-order chi connectivity index (χ0) is 21.0. The predicted molar refractivity (Wildman–Crippen MR) is 119 cm³/mol. The van der Waals surface area contributed by atoms with Gasteiger partial charge in [-0.25, -0.2) is 0 Å². The second kappa shape index (κ2) is 18.6. The minimum atomic E-state index is -0.699. The van der Waals surface area contributed by atoms with E-state index in [0.717, 1.165) is 44.9 Å². The summed E-state index contributed by atoms with van der Waals surface area (Å²) < 4.78 is 6.20. The van der Waals surface area contributed by atoms with Crippen molar-refractivity contribution in [1.29, 1.82) is 0 Å². The van der Waals surface area contributed by atoms with Crippen LogP contribution < -0.4 is 0 Å². The van der Waals surface area contributed by atoms with Gasteiger partial charge in [0.1, 0.15) is 0 Å². The maximum Gasteiger partial charge on any atom is 0.303 e. The van der Waals surface area contributed by atoms with Gasteiger partial charge >= 0.3 is 5.97 Å². The topological polar surface area (TPSA) is 66.8 Å². The molecule has 1 atom stereocenters. The molecule has 1 aromatic rings. The lowest BCUT2D eigenvalue weighted by atomic mass is 10.0. The Morgan fingerprint density at radius 3 is 1.83 bits per heavy atom. The molecule has 0 radical (unpaired) electrons. The van der Waals surface area contributed by atoms with Gasteiger partial charge in [0.25, 0.3) is 0 Å². The highest BCUT2D eigenvalue weighted by Gasteiger charge is 2.10. The average Bonchev–Trinajstić information content (AvgIpc) is 2.73. The van der Waals surface area contributed by atoms with Crippen LogP contribution in [0.4, 0.5) is 0 Å². The number of hydrogen-bond acceptors (Lipinski definition) is 3. The lowest BCUT2D eigenvalue weighted by Gasteiger charge is -2.18. The van der Waals surface area contributed by atoms with E-state index in [0.29, 0.717) is 13.2 Å². The van der Waals surface area contributed by atoms with Crippen molar-refractivity contribution in [3.63, 3.8) is 0 Å². The third kappa shape index (κ3) is 16.1. The molecular formula is C25H42O4. The molecule has 0 fully saturated rings. The van der Waals surface area contributed by atoms with Gasteiger partial charge in [0.15, 0.2) is 0 Å². The standard InChI is InChI=1S/C25H42O4/c26-21-15-7-5-3-1-2-4-6-12-18-24(19-13-9-14-20-25(27)28)29-22-23-16-10-8-11-17-23/h8,10-11,16-17,24,26H,1-7,9,12-15,18-22H2,(H,27,28). The summed E-state index contributed by atoms with van der Waals surface area (Å²) >= 11 is 0. The third-order valence-electron chi connectivity index (χ3n) is 5.43. The van der Waals surface area contributed by atoms with Gasteiger partial charge in [0, 0.05) is 13.0 Å². The number of aliphatic hydroxyl groups excluding tert-OH is 1. The van der Waals surface area contributed by atoms with Gasteiger partial charge in [-0.05, 0) is 31.2 Å². The Kier molecular flexibility index (Phi) is 16.5. The molecule has 0 aliphatic heterocycles. The highest BCUT2D eigenvalue weighted by Crippen LogP contribution is 2.18. The van der Waals surface area contributed by atoms with E-state index in [1.165, 1.54) is 50.5 Å². The van der Waals surface area contributed by atoms with E-state index in [2.05, 4.69) is 12.1 Å². The summed E-state index contributed by atoms with van der Waals surface area (Å²) in [7, 11) is 0. The van der Waals surface area contributed by atoms with Crippen LogP contribution in [0.3, 0.4) is 0 Å². The van der Waals surface area contributed by atoms with E-state index in [-0.39, 0.29) is 12.5 Å². The van der Waals surface area contributed by atoms with Gasteiger partial charge in [-0.2, -0.15) is 0 Å². The average molecular weight is 407 g/mol. The van der Waals surface area contributed by atoms with Crippen molar-refractivity contribution >= 4 is 5.97 Å². The van der Waals surface area contributed by atoms with Crippen LogP contribution >= 0.6 is 0 Å². The van der Waals surface area contributed by atoms with Crippen LogP contribution in [0.15, 0.2) is 30.3 Å². The van der Waals surface area contributed by atoms with Gasteiger partial charge in [-0.1, -0.05) is 94.5 Å². The number of rotatable bonds is 20. The Morgan fingerprint density at radius 2 is 1.28 bits per heavy atom. The summed E-state index contributed by atoms with van der Waals surface area (Å²) in [6.07, 6.45) is 16.5. The van der Waals surface area contributed by atoms with Crippen LogP contribution in [0.1, 0.15) is 102 Å². The first kappa shape index (κ1) is 25.6. The number of carbonyl (C=O) groups is 1. The molecule has 1 unspecified atom stereocenters. The Hall–Kier alpha value is -1.39. The van der Waals surface area contributed by atoms with E-state index in [1.807, 2.05) is 18.2 Å². The van der Waals surface area contributed by atoms with Gasteiger partial charge in [0.2, 0.25) is 0 Å². The van der Waals surface area contributed by atoms with Crippen molar-refractivity contribution in [3.05, 3.63) is 35.9 Å². The van der Waals surface area contributed by atoms with Crippen LogP contribution in [-0.2, 0) is 16.1 Å². The molecule has 0 aliphatic carbocycles. The maximum absolute atomic E-state index is 10.6. The number of hydrogen-bond donors (Lipinski definition) is 2. The smallest absolute Gasteiger partial charge is 0.303 e. The summed E-state index contributed by atoms with van der Waals surface area (Å²) in [5.41, 5.74) is 1.21. The molecule has 0 amide bonds. The van der Waals surface area contributed by atoms with Crippen molar-refractivity contribution < 1.29 is 19.7 Å². The molecule has 0 saturated carbocycles. The van der Waals surface area contributed by atoms with Gasteiger partial charge in [0.05, 0.1) is 12.7 Å². The highest BCUT2D eigenvalue weighted by atomic mass is 16.5. The van der Waals surface area contributed by atoms with Crippen LogP contribution in [0.25, 0.3) is 0 Å². The molecule has 4 nitrogen and oxygen atoms in total. The summed E-state index contributed by atoms with van der Waals surface area (Å²) in [6, 6.07) is 10.3. The predicted octanol–water partition coefficient (Wildman–Crippen LogP) is 6.50. The van der Waals surface area contributed by atoms with E-state index in [1.54, 1.807) is 0 Å². The molecule has 0 bridgehead atoms. The lowest BCUT2D eigenvalue weighted by Crippen LogP contribution is -2.13. The number of unbranched alkanes of at least 4 members (excludes halogenated alkanes) is 10. The molecule has 1 aromatic carbocycles. The highest BCUT2D eigenvalue weighted by molar-refractivity contribution is 5.66. The first-order valence-electron chi connectivity index (χ1n) is 11.7. The minimum absolute atomic E-state index is 0.273. The summed E-state index contributed by atoms with van der Waals surface area (Å²) in [6.45, 7) is 0.988. The lowest BCUT2D eigenvalue weighted by molar-refractivity contribution is -0.137. The summed E-state index contributed by atoms with van der Waals surface area (Å²) in [5, 5.41) is 17.5. The van der Waals surface area contributed by atoms with Gasteiger partial charge in [-0.3, -0.25) is 4.79 Å². The third-order valence-corrected chi connectivity index (χ3v) is 5.43. The van der Waals surface area contributed by atoms with Crippen LogP contribution in [0, 0.1) is 0 Å². The Morgan fingerprint density at radius 1 is 0.759 bits per heavy atom. The van der Waals surface area contributed by atoms with Crippen LogP contribution in [-0.4, -0.2) is 28.9 Å². The molecule has 166 valence electrons. The molecule has 0 aromatic heterocycles. The van der Waals surface area contributed by atoms with Crippen molar-refractivity contribution in [2.24, 2.45) is 0 Å². The molecule has 29 heavy (non-hydrogen) atoms. The maximum atomic E-state index is 10.6. The molecule has 2 N–H and O–H groups in total. The van der Waals surface area contributed by atoms with Crippen molar-refractivity contribution in [1.82, 2.24) is 0 Å². The fourth-order valence-electron chi connectivity index (χ4n) is 3.65. The number of carboxylic acids is 1. The first-order valence-corrected chi connectivity index (χ1v) is 11.7. The van der Waals surface area contributed by atoms with Gasteiger partial charge in [-0.15, -0.1) is 0 Å². The molecule has 0 aliphatic rings. The fourth-order valence-corrected chi connectivity index (χ4v) is 3.65. The van der Waals surface area contributed by atoms with E-state index in [4.69, 9.17) is 14.9 Å². The van der Waals surface area contributed by atoms with Gasteiger partial charge < -0.3 is 14.9 Å². The second-order valence-corrected chi connectivity index (χ2v) is 8.11. The largest absolute Gasteiger partial charge is 0.481 e. The SMILES string of the molecule is O=C(O)CCCCCC(CCCCCCCCCCCO)OCc1ccccc1. The molecule has 0 saturated heterocycles. The van der Waals surface area contributed by atoms with Crippen molar-refractivity contribution in [2.45, 2.75) is 109 Å². The molecule has 0 heterocycles. The quantitative estimate of drug-likeness (QED) is 0.243. The number of aliphatic hydroxyl groups is 1. The Labute approximate surface area is 177 Å². The molecular weight excluding hydrogens is 364 g/mol. The number of aliphatic carboxylic acids is 1. The summed E-state index contributed by atoms with van der Waals surface area (Å²) in [5.74, 6) is -0.699.